The second kappa shape index (κ2) is 9.42. The number of ether oxygens (including phenoxy) is 1. The molecule has 0 aromatic heterocycles. The van der Waals surface area contributed by atoms with Crippen LogP contribution in [0.4, 0.5) is 0 Å². The maximum absolute atomic E-state index is 12.1. The SMILES string of the molecule is CCCC1CCN(CCCC(C)(NCC)C(=O)OCC)C1. The number of likely N-dealkylation sites (N-methyl/N-ethyl adjacent to an activating group) is 1. The third kappa shape index (κ3) is 5.95. The Balaban J connectivity index is 2.35. The number of likely N-dealkylation sites (tertiary alicyclic amines) is 1. The lowest BCUT2D eigenvalue weighted by atomic mass is 9.95. The molecule has 0 aromatic rings. The molecule has 0 spiro atoms. The Hall–Kier alpha value is -0.610. The van der Waals surface area contributed by atoms with Gasteiger partial charge in [-0.15, -0.1) is 0 Å². The van der Waals surface area contributed by atoms with Gasteiger partial charge < -0.3 is 15.0 Å². The molecule has 4 heteroatoms. The summed E-state index contributed by atoms with van der Waals surface area (Å²) in [6.45, 7) is 12.9. The summed E-state index contributed by atoms with van der Waals surface area (Å²) in [4.78, 5) is 14.7. The van der Waals surface area contributed by atoms with Crippen LogP contribution in [0.2, 0.25) is 0 Å². The summed E-state index contributed by atoms with van der Waals surface area (Å²) >= 11 is 0. The second-order valence-electron chi connectivity index (χ2n) is 6.43. The van der Waals surface area contributed by atoms with Crippen LogP contribution in [0, 0.1) is 5.92 Å². The normalized spacial score (nSPS) is 22.2. The fraction of sp³-hybridized carbons (Fsp3) is 0.941. The molecule has 0 aromatic carbocycles. The molecule has 124 valence electrons. The van der Waals surface area contributed by atoms with Crippen molar-refractivity contribution in [2.24, 2.45) is 5.92 Å². The van der Waals surface area contributed by atoms with E-state index in [2.05, 4.69) is 17.1 Å². The fourth-order valence-electron chi connectivity index (χ4n) is 3.36. The van der Waals surface area contributed by atoms with E-state index in [1.165, 1.54) is 32.4 Å². The van der Waals surface area contributed by atoms with Crippen LogP contribution >= 0.6 is 0 Å². The number of carbonyl (C=O) groups excluding carboxylic acids is 1. The van der Waals surface area contributed by atoms with Crippen molar-refractivity contribution in [2.75, 3.05) is 32.8 Å². The molecule has 4 nitrogen and oxygen atoms in total. The Morgan fingerprint density at radius 3 is 2.76 bits per heavy atom. The van der Waals surface area contributed by atoms with Gasteiger partial charge in [0, 0.05) is 6.54 Å². The highest BCUT2D eigenvalue weighted by molar-refractivity contribution is 5.80. The molecule has 1 fully saturated rings. The van der Waals surface area contributed by atoms with E-state index in [-0.39, 0.29) is 5.97 Å². The average molecular weight is 298 g/mol. The van der Waals surface area contributed by atoms with Crippen molar-refractivity contribution in [3.05, 3.63) is 0 Å². The van der Waals surface area contributed by atoms with Crippen LogP contribution in [-0.2, 0) is 9.53 Å². The number of hydrogen-bond acceptors (Lipinski definition) is 4. The van der Waals surface area contributed by atoms with Crippen LogP contribution in [0.3, 0.4) is 0 Å². The number of esters is 1. The zero-order chi connectivity index (χ0) is 15.7. The van der Waals surface area contributed by atoms with E-state index in [9.17, 15) is 4.79 Å². The molecule has 1 aliphatic rings. The minimum atomic E-state index is -0.534. The predicted octanol–water partition coefficient (Wildman–Crippen LogP) is 2.82. The predicted molar refractivity (Wildman–Crippen MR) is 87.4 cm³/mol. The molecule has 1 N–H and O–H groups in total. The summed E-state index contributed by atoms with van der Waals surface area (Å²) < 4.78 is 5.22. The van der Waals surface area contributed by atoms with Gasteiger partial charge in [0.1, 0.15) is 5.54 Å². The number of hydrogen-bond donors (Lipinski definition) is 1. The topological polar surface area (TPSA) is 41.6 Å². The maximum atomic E-state index is 12.1. The van der Waals surface area contributed by atoms with E-state index in [1.54, 1.807) is 0 Å². The van der Waals surface area contributed by atoms with Crippen molar-refractivity contribution in [1.29, 1.82) is 0 Å². The zero-order valence-corrected chi connectivity index (χ0v) is 14.4. The molecule has 21 heavy (non-hydrogen) atoms. The van der Waals surface area contributed by atoms with Crippen molar-refractivity contribution < 1.29 is 9.53 Å². The van der Waals surface area contributed by atoms with Gasteiger partial charge in [0.25, 0.3) is 0 Å². The molecule has 0 amide bonds. The van der Waals surface area contributed by atoms with Gasteiger partial charge in [-0.3, -0.25) is 4.79 Å². The molecular weight excluding hydrogens is 264 g/mol. The van der Waals surface area contributed by atoms with Crippen molar-refractivity contribution in [2.45, 2.75) is 65.3 Å². The van der Waals surface area contributed by atoms with Gasteiger partial charge in [0.2, 0.25) is 0 Å². The summed E-state index contributed by atoms with van der Waals surface area (Å²) in [6, 6.07) is 0. The molecule has 0 aliphatic carbocycles. The average Bonchev–Trinajstić information content (AvgIpc) is 2.87. The van der Waals surface area contributed by atoms with E-state index < -0.39 is 5.54 Å². The summed E-state index contributed by atoms with van der Waals surface area (Å²) in [7, 11) is 0. The van der Waals surface area contributed by atoms with Gasteiger partial charge >= 0.3 is 5.97 Å². The lowest BCUT2D eigenvalue weighted by molar-refractivity contribution is -0.150. The van der Waals surface area contributed by atoms with E-state index in [0.717, 1.165) is 31.8 Å². The molecule has 1 heterocycles. The molecule has 1 rings (SSSR count). The minimum absolute atomic E-state index is 0.114. The van der Waals surface area contributed by atoms with E-state index in [1.807, 2.05) is 20.8 Å². The highest BCUT2D eigenvalue weighted by atomic mass is 16.5. The standard InChI is InChI=1S/C17H34N2O2/c1-5-9-15-10-13-19(14-15)12-8-11-17(4,18-6-2)16(20)21-7-3/h15,18H,5-14H2,1-4H3. The Labute approximate surface area is 130 Å². The van der Waals surface area contributed by atoms with E-state index in [0.29, 0.717) is 6.61 Å². The number of carbonyl (C=O) groups is 1. The summed E-state index contributed by atoms with van der Waals surface area (Å²) in [6.07, 6.45) is 5.88. The zero-order valence-electron chi connectivity index (χ0n) is 14.4. The fourth-order valence-corrected chi connectivity index (χ4v) is 3.36. The van der Waals surface area contributed by atoms with Crippen molar-refractivity contribution >= 4 is 5.97 Å². The molecule has 0 radical (unpaired) electrons. The van der Waals surface area contributed by atoms with Crippen molar-refractivity contribution in [3.63, 3.8) is 0 Å². The van der Waals surface area contributed by atoms with Gasteiger partial charge in [-0.25, -0.2) is 0 Å². The summed E-state index contributed by atoms with van der Waals surface area (Å²) in [5.41, 5.74) is -0.534. The van der Waals surface area contributed by atoms with Gasteiger partial charge in [-0.2, -0.15) is 0 Å². The largest absolute Gasteiger partial charge is 0.465 e. The van der Waals surface area contributed by atoms with Crippen molar-refractivity contribution in [1.82, 2.24) is 10.2 Å². The number of rotatable bonds is 10. The molecule has 0 saturated carbocycles. The highest BCUT2D eigenvalue weighted by Gasteiger charge is 2.33. The lowest BCUT2D eigenvalue weighted by Gasteiger charge is -2.29. The molecule has 1 saturated heterocycles. The first kappa shape index (κ1) is 18.4. The number of nitrogens with one attached hydrogen (secondary N) is 1. The van der Waals surface area contributed by atoms with Crippen LogP contribution in [0.25, 0.3) is 0 Å². The van der Waals surface area contributed by atoms with Crippen LogP contribution < -0.4 is 5.32 Å². The maximum Gasteiger partial charge on any atom is 0.326 e. The second-order valence-corrected chi connectivity index (χ2v) is 6.43. The Bertz CT molecular complexity index is 309. The molecule has 2 atom stereocenters. The van der Waals surface area contributed by atoms with E-state index in [4.69, 9.17) is 4.74 Å². The van der Waals surface area contributed by atoms with Crippen LogP contribution in [0.1, 0.15) is 59.8 Å². The molecule has 0 bridgehead atoms. The first-order chi connectivity index (χ1) is 10.1. The first-order valence-electron chi connectivity index (χ1n) is 8.70. The highest BCUT2D eigenvalue weighted by Crippen LogP contribution is 2.22. The quantitative estimate of drug-likeness (QED) is 0.630. The van der Waals surface area contributed by atoms with Crippen molar-refractivity contribution in [3.8, 4) is 0 Å². The Kier molecular flexibility index (Phi) is 8.27. The third-order valence-electron chi connectivity index (χ3n) is 4.51. The Morgan fingerprint density at radius 2 is 2.14 bits per heavy atom. The smallest absolute Gasteiger partial charge is 0.326 e. The number of nitrogens with zero attached hydrogens (tertiary/aromatic N) is 1. The first-order valence-corrected chi connectivity index (χ1v) is 8.70. The van der Waals surface area contributed by atoms with Gasteiger partial charge in [-0.05, 0) is 65.1 Å². The van der Waals surface area contributed by atoms with Crippen LogP contribution in [0.15, 0.2) is 0 Å². The molecule has 2 unspecified atom stereocenters. The monoisotopic (exact) mass is 298 g/mol. The third-order valence-corrected chi connectivity index (χ3v) is 4.51. The molecular formula is C17H34N2O2. The van der Waals surface area contributed by atoms with Gasteiger partial charge in [0.15, 0.2) is 0 Å². The van der Waals surface area contributed by atoms with Crippen LogP contribution in [-0.4, -0.2) is 49.2 Å². The van der Waals surface area contributed by atoms with Gasteiger partial charge in [-0.1, -0.05) is 20.3 Å². The van der Waals surface area contributed by atoms with Gasteiger partial charge in [0.05, 0.1) is 6.61 Å². The molecule has 1 aliphatic heterocycles. The lowest BCUT2D eigenvalue weighted by Crippen LogP contribution is -2.50. The summed E-state index contributed by atoms with van der Waals surface area (Å²) in [5.74, 6) is 0.775. The van der Waals surface area contributed by atoms with E-state index >= 15 is 0 Å². The minimum Gasteiger partial charge on any atom is -0.465 e. The summed E-state index contributed by atoms with van der Waals surface area (Å²) in [5, 5.41) is 3.30. The van der Waals surface area contributed by atoms with Crippen LogP contribution in [0.5, 0.6) is 0 Å². The Morgan fingerprint density at radius 1 is 1.38 bits per heavy atom.